The molecule has 1 aromatic heterocycles. The molecule has 1 fully saturated rings. The van der Waals surface area contributed by atoms with Crippen LogP contribution in [0.2, 0.25) is 0 Å². The smallest absolute Gasteiger partial charge is 0.330 e. The number of aromatic amines is 1. The van der Waals surface area contributed by atoms with Crippen molar-refractivity contribution >= 4 is 22.6 Å². The summed E-state index contributed by atoms with van der Waals surface area (Å²) >= 11 is 2.03. The summed E-state index contributed by atoms with van der Waals surface area (Å²) in [4.78, 5) is 27.7. The topological polar surface area (TPSA) is 133 Å². The number of nitrogens with one attached hydrogen (secondary N) is 1. The van der Waals surface area contributed by atoms with E-state index < -0.39 is 35.2 Å². The molecule has 0 spiro atoms. The molecule has 2 rings (SSSR count). The maximum absolute atomic E-state index is 11.8. The molecular weight excluding hydrogens is 381 g/mol. The van der Waals surface area contributed by atoms with Gasteiger partial charge in [0.2, 0.25) is 0 Å². The van der Waals surface area contributed by atoms with Crippen LogP contribution in [-0.2, 0) is 4.74 Å². The fraction of sp³-hybridized carbons (Fsp3) is 0.600. The van der Waals surface area contributed by atoms with Gasteiger partial charge in [-0.05, 0) is 12.5 Å². The van der Waals surface area contributed by atoms with Gasteiger partial charge in [-0.15, -0.1) is 0 Å². The summed E-state index contributed by atoms with van der Waals surface area (Å²) in [6, 6.07) is 1.16. The lowest BCUT2D eigenvalue weighted by molar-refractivity contribution is -0.0136. The molecule has 0 aliphatic carbocycles. The van der Waals surface area contributed by atoms with Crippen LogP contribution in [0.5, 0.6) is 0 Å². The van der Waals surface area contributed by atoms with Crippen molar-refractivity contribution in [1.29, 1.82) is 0 Å². The van der Waals surface area contributed by atoms with E-state index in [9.17, 15) is 14.7 Å². The highest BCUT2D eigenvalue weighted by Gasteiger charge is 2.53. The highest BCUT2D eigenvalue weighted by molar-refractivity contribution is 14.1. The van der Waals surface area contributed by atoms with Gasteiger partial charge in [0.25, 0.3) is 5.56 Å². The fourth-order valence-electron chi connectivity index (χ4n) is 2.18. The van der Waals surface area contributed by atoms with E-state index in [1.54, 1.807) is 0 Å². The van der Waals surface area contributed by atoms with E-state index >= 15 is 0 Å². The molecule has 9 nitrogen and oxygen atoms in total. The minimum absolute atomic E-state index is 0.462. The molecule has 0 radical (unpaired) electrons. The number of H-pyrrole nitrogens is 1. The first-order chi connectivity index (χ1) is 9.43. The Labute approximate surface area is 126 Å². The molecule has 0 bridgehead atoms. The number of hydrogen-bond acceptors (Lipinski definition) is 5. The zero-order chi connectivity index (χ0) is 14.9. The summed E-state index contributed by atoms with van der Waals surface area (Å²) < 4.78 is 7.18. The standard InChI is InChI=1S/C10H12IN5O4/c1-10(14-15-12)7(18)5(4-11)20-8(10)16-3-2-6(17)13-9(16)19/h2-3,5,7-8,18H,4H2,1H3,(H,13,17,19)/t5?,7-,8-,10-/m1/s1. The Kier molecular flexibility index (Phi) is 4.18. The van der Waals surface area contributed by atoms with Crippen LogP contribution in [0.1, 0.15) is 13.2 Å². The quantitative estimate of drug-likeness (QED) is 0.251. The molecule has 1 aliphatic rings. The molecule has 0 saturated carbocycles. The summed E-state index contributed by atoms with van der Waals surface area (Å²) in [5, 5.41) is 13.8. The Hall–Kier alpha value is -1.36. The molecule has 0 aromatic carbocycles. The van der Waals surface area contributed by atoms with Gasteiger partial charge < -0.3 is 9.84 Å². The molecule has 1 saturated heterocycles. The van der Waals surface area contributed by atoms with Crippen molar-refractivity contribution in [2.45, 2.75) is 30.9 Å². The van der Waals surface area contributed by atoms with Crippen LogP contribution in [0.4, 0.5) is 0 Å². The van der Waals surface area contributed by atoms with Crippen LogP contribution in [0.25, 0.3) is 10.4 Å². The van der Waals surface area contributed by atoms with Gasteiger partial charge in [0.05, 0.1) is 12.2 Å². The highest BCUT2D eigenvalue weighted by Crippen LogP contribution is 2.41. The Balaban J connectivity index is 2.56. The fourth-order valence-corrected chi connectivity index (χ4v) is 2.87. The van der Waals surface area contributed by atoms with E-state index in [1.807, 2.05) is 22.6 Å². The number of nitrogens with zero attached hydrogens (tertiary/aromatic N) is 4. The largest absolute Gasteiger partial charge is 0.389 e. The monoisotopic (exact) mass is 393 g/mol. The Morgan fingerprint density at radius 3 is 2.95 bits per heavy atom. The van der Waals surface area contributed by atoms with Gasteiger partial charge >= 0.3 is 5.69 Å². The molecule has 2 heterocycles. The Morgan fingerprint density at radius 1 is 1.70 bits per heavy atom. The summed E-state index contributed by atoms with van der Waals surface area (Å²) in [6.45, 7) is 1.51. The minimum Gasteiger partial charge on any atom is -0.389 e. The van der Waals surface area contributed by atoms with Crippen molar-refractivity contribution in [2.75, 3.05) is 4.43 Å². The molecule has 1 aliphatic heterocycles. The number of hydrogen-bond donors (Lipinski definition) is 2. The van der Waals surface area contributed by atoms with Crippen LogP contribution < -0.4 is 11.2 Å². The van der Waals surface area contributed by atoms with Gasteiger partial charge in [-0.3, -0.25) is 14.3 Å². The van der Waals surface area contributed by atoms with Crippen LogP contribution in [0, 0.1) is 0 Å². The highest BCUT2D eigenvalue weighted by atomic mass is 127. The number of aromatic nitrogens is 2. The number of aliphatic hydroxyl groups is 1. The van der Waals surface area contributed by atoms with Crippen LogP contribution in [0.15, 0.2) is 27.0 Å². The summed E-state index contributed by atoms with van der Waals surface area (Å²) in [5.41, 5.74) is 6.12. The third-order valence-electron chi connectivity index (χ3n) is 3.27. The number of alkyl halides is 1. The molecule has 1 aromatic rings. The SMILES string of the molecule is C[C@@]1(N=[N+]=[N-])[C@H](O)C(CI)O[C@H]1n1ccc(=O)[nH]c1=O. The van der Waals surface area contributed by atoms with Crippen molar-refractivity contribution in [3.8, 4) is 0 Å². The van der Waals surface area contributed by atoms with Crippen molar-refractivity contribution in [3.05, 3.63) is 43.5 Å². The van der Waals surface area contributed by atoms with Crippen LogP contribution in [0.3, 0.4) is 0 Å². The first kappa shape index (κ1) is 15.0. The molecule has 20 heavy (non-hydrogen) atoms. The number of halogens is 1. The number of aliphatic hydroxyl groups excluding tert-OH is 1. The van der Waals surface area contributed by atoms with Gasteiger partial charge in [-0.1, -0.05) is 27.7 Å². The summed E-state index contributed by atoms with van der Waals surface area (Å²) in [7, 11) is 0. The summed E-state index contributed by atoms with van der Waals surface area (Å²) in [5.74, 6) is 0. The number of rotatable bonds is 3. The zero-order valence-electron chi connectivity index (χ0n) is 10.4. The second-order valence-corrected chi connectivity index (χ2v) is 5.44. The van der Waals surface area contributed by atoms with Crippen molar-refractivity contribution in [2.24, 2.45) is 5.11 Å². The van der Waals surface area contributed by atoms with Gasteiger partial charge in [0.1, 0.15) is 5.54 Å². The Morgan fingerprint density at radius 2 is 2.40 bits per heavy atom. The normalized spacial score (nSPS) is 32.9. The van der Waals surface area contributed by atoms with Gasteiger partial charge in [0.15, 0.2) is 6.23 Å². The number of azide groups is 1. The second-order valence-electron chi connectivity index (χ2n) is 4.56. The van der Waals surface area contributed by atoms with E-state index in [-0.39, 0.29) is 0 Å². The average Bonchev–Trinajstić information content (AvgIpc) is 2.63. The van der Waals surface area contributed by atoms with E-state index in [0.717, 1.165) is 10.6 Å². The lowest BCUT2D eigenvalue weighted by Crippen LogP contribution is -2.45. The molecular formula is C10H12IN5O4. The van der Waals surface area contributed by atoms with Crippen molar-refractivity contribution in [3.63, 3.8) is 0 Å². The first-order valence-electron chi connectivity index (χ1n) is 5.71. The predicted octanol–water partition coefficient (Wildman–Crippen LogP) is 0.299. The third-order valence-corrected chi connectivity index (χ3v) is 4.14. The minimum atomic E-state index is -1.34. The lowest BCUT2D eigenvalue weighted by atomic mass is 9.93. The number of ether oxygens (including phenoxy) is 1. The molecule has 0 amide bonds. The van der Waals surface area contributed by atoms with Gasteiger partial charge in [0, 0.05) is 21.6 Å². The Bertz CT molecular complexity index is 666. The molecule has 2 N–H and O–H groups in total. The van der Waals surface area contributed by atoms with Crippen LogP contribution in [-0.4, -0.2) is 36.8 Å². The third kappa shape index (κ3) is 2.35. The van der Waals surface area contributed by atoms with E-state index in [1.165, 1.54) is 13.1 Å². The van der Waals surface area contributed by atoms with E-state index in [0.29, 0.717) is 4.43 Å². The molecule has 108 valence electrons. The average molecular weight is 393 g/mol. The summed E-state index contributed by atoms with van der Waals surface area (Å²) in [6.07, 6.45) is -1.37. The maximum Gasteiger partial charge on any atom is 0.330 e. The second kappa shape index (κ2) is 5.56. The van der Waals surface area contributed by atoms with Gasteiger partial charge in [-0.25, -0.2) is 4.79 Å². The van der Waals surface area contributed by atoms with Crippen molar-refractivity contribution < 1.29 is 9.84 Å². The van der Waals surface area contributed by atoms with Crippen molar-refractivity contribution in [1.82, 2.24) is 9.55 Å². The first-order valence-corrected chi connectivity index (χ1v) is 7.24. The molecule has 10 heteroatoms. The predicted molar refractivity (Wildman–Crippen MR) is 77.7 cm³/mol. The molecule has 4 atom stereocenters. The lowest BCUT2D eigenvalue weighted by Gasteiger charge is -2.27. The van der Waals surface area contributed by atoms with Gasteiger partial charge in [-0.2, -0.15) is 0 Å². The van der Waals surface area contributed by atoms with E-state index in [2.05, 4.69) is 15.0 Å². The van der Waals surface area contributed by atoms with Crippen LogP contribution >= 0.6 is 22.6 Å². The van der Waals surface area contributed by atoms with E-state index in [4.69, 9.17) is 10.3 Å². The molecule has 1 unspecified atom stereocenters. The maximum atomic E-state index is 11.8. The zero-order valence-corrected chi connectivity index (χ0v) is 12.6.